The third kappa shape index (κ3) is 8.84. The second-order valence-electron chi connectivity index (χ2n) is 5.35. The zero-order chi connectivity index (χ0) is 16.3. The minimum atomic E-state index is 0. The van der Waals surface area contributed by atoms with Crippen molar-refractivity contribution in [1.29, 1.82) is 0 Å². The van der Waals surface area contributed by atoms with Crippen molar-refractivity contribution in [2.75, 3.05) is 39.5 Å². The lowest BCUT2D eigenvalue weighted by Crippen LogP contribution is -2.38. The Bertz CT molecular complexity index is 482. The van der Waals surface area contributed by atoms with Crippen molar-refractivity contribution in [1.82, 2.24) is 10.6 Å². The minimum Gasteiger partial charge on any atom is -0.379 e. The van der Waals surface area contributed by atoms with Gasteiger partial charge in [-0.05, 0) is 38.3 Å². The highest BCUT2D eigenvalue weighted by Crippen LogP contribution is 2.21. The molecular weight excluding hydrogens is 461 g/mol. The van der Waals surface area contributed by atoms with Gasteiger partial charge in [0.15, 0.2) is 5.96 Å². The molecule has 2 heterocycles. The van der Waals surface area contributed by atoms with E-state index in [9.17, 15) is 0 Å². The van der Waals surface area contributed by atoms with Gasteiger partial charge in [-0.25, -0.2) is 0 Å². The van der Waals surface area contributed by atoms with Crippen molar-refractivity contribution < 1.29 is 9.47 Å². The molecule has 5 nitrogen and oxygen atoms in total. The zero-order valence-electron chi connectivity index (χ0n) is 14.1. The van der Waals surface area contributed by atoms with Crippen molar-refractivity contribution in [2.45, 2.75) is 32.3 Å². The maximum absolute atomic E-state index is 5.94. The van der Waals surface area contributed by atoms with Crippen LogP contribution in [0.2, 0.25) is 4.34 Å². The molecule has 8 heteroatoms. The van der Waals surface area contributed by atoms with Crippen molar-refractivity contribution in [3.63, 3.8) is 0 Å². The van der Waals surface area contributed by atoms with Crippen LogP contribution in [-0.2, 0) is 15.9 Å². The Kier molecular flexibility index (Phi) is 12.0. The fourth-order valence-electron chi connectivity index (χ4n) is 2.28. The van der Waals surface area contributed by atoms with Crippen LogP contribution in [0.1, 0.15) is 24.6 Å². The summed E-state index contributed by atoms with van der Waals surface area (Å²) in [6.07, 6.45) is 3.17. The van der Waals surface area contributed by atoms with E-state index in [0.717, 1.165) is 69.0 Å². The average Bonchev–Trinajstić information content (AvgIpc) is 3.19. The Labute approximate surface area is 170 Å². The first kappa shape index (κ1) is 22.0. The lowest BCUT2D eigenvalue weighted by molar-refractivity contribution is 0.0424. The fourth-order valence-corrected chi connectivity index (χ4v) is 3.37. The molecule has 138 valence electrons. The SMILES string of the molecule is CCNC(=NCCCOC1CCOC1)NCCc1ccc(Cl)s1.I. The normalized spacial score (nSPS) is 17.6. The van der Waals surface area contributed by atoms with Gasteiger partial charge in [0.05, 0.1) is 17.0 Å². The van der Waals surface area contributed by atoms with Crippen molar-refractivity contribution in [3.8, 4) is 0 Å². The molecule has 1 aromatic heterocycles. The predicted octanol–water partition coefficient (Wildman–Crippen LogP) is 3.31. The van der Waals surface area contributed by atoms with Crippen molar-refractivity contribution in [2.24, 2.45) is 4.99 Å². The molecule has 0 aliphatic carbocycles. The van der Waals surface area contributed by atoms with Crippen LogP contribution < -0.4 is 10.6 Å². The van der Waals surface area contributed by atoms with Gasteiger partial charge in [0, 0.05) is 37.7 Å². The second-order valence-corrected chi connectivity index (χ2v) is 7.15. The number of nitrogens with zero attached hydrogens (tertiary/aromatic N) is 1. The van der Waals surface area contributed by atoms with Crippen LogP contribution in [0.4, 0.5) is 0 Å². The largest absolute Gasteiger partial charge is 0.379 e. The van der Waals surface area contributed by atoms with E-state index in [0.29, 0.717) is 0 Å². The Morgan fingerprint density at radius 3 is 3.00 bits per heavy atom. The van der Waals surface area contributed by atoms with E-state index in [-0.39, 0.29) is 30.1 Å². The third-order valence-corrected chi connectivity index (χ3v) is 4.74. The first-order valence-electron chi connectivity index (χ1n) is 8.23. The molecule has 0 radical (unpaired) electrons. The molecule has 2 rings (SSSR count). The smallest absolute Gasteiger partial charge is 0.191 e. The third-order valence-electron chi connectivity index (χ3n) is 3.45. The van der Waals surface area contributed by atoms with Crippen molar-refractivity contribution in [3.05, 3.63) is 21.3 Å². The highest BCUT2D eigenvalue weighted by molar-refractivity contribution is 14.0. The number of hydrogen-bond acceptors (Lipinski definition) is 4. The van der Waals surface area contributed by atoms with E-state index in [2.05, 4.69) is 28.6 Å². The molecule has 1 fully saturated rings. The topological polar surface area (TPSA) is 54.9 Å². The highest BCUT2D eigenvalue weighted by atomic mass is 127. The standard InChI is InChI=1S/C16H26ClN3O2S.HI/c1-2-18-16(20-9-6-14-4-5-15(17)23-14)19-8-3-10-22-13-7-11-21-12-13;/h4-5,13H,2-3,6-12H2,1H3,(H2,18,19,20);1H. The molecule has 0 spiro atoms. The number of nitrogens with one attached hydrogen (secondary N) is 2. The molecule has 1 saturated heterocycles. The summed E-state index contributed by atoms with van der Waals surface area (Å²) in [6.45, 7) is 6.83. The van der Waals surface area contributed by atoms with Gasteiger partial charge in [-0.15, -0.1) is 35.3 Å². The van der Waals surface area contributed by atoms with Gasteiger partial charge in [0.25, 0.3) is 0 Å². The maximum Gasteiger partial charge on any atom is 0.191 e. The quantitative estimate of drug-likeness (QED) is 0.243. The number of thiophene rings is 1. The second kappa shape index (κ2) is 13.2. The summed E-state index contributed by atoms with van der Waals surface area (Å²) in [5, 5.41) is 6.61. The summed E-state index contributed by atoms with van der Waals surface area (Å²) in [6, 6.07) is 4.01. The summed E-state index contributed by atoms with van der Waals surface area (Å²) < 4.78 is 11.9. The Balaban J connectivity index is 0.00000288. The van der Waals surface area contributed by atoms with Crippen LogP contribution in [0, 0.1) is 0 Å². The molecule has 1 aliphatic rings. The lowest BCUT2D eigenvalue weighted by Gasteiger charge is -2.11. The van der Waals surface area contributed by atoms with E-state index in [4.69, 9.17) is 21.1 Å². The molecule has 0 aromatic carbocycles. The Morgan fingerprint density at radius 1 is 1.46 bits per heavy atom. The number of guanidine groups is 1. The van der Waals surface area contributed by atoms with Crippen LogP contribution in [0.25, 0.3) is 0 Å². The summed E-state index contributed by atoms with van der Waals surface area (Å²) in [4.78, 5) is 5.86. The average molecular weight is 488 g/mol. The van der Waals surface area contributed by atoms with Crippen molar-refractivity contribution >= 4 is 52.9 Å². The molecule has 2 N–H and O–H groups in total. The minimum absolute atomic E-state index is 0. The van der Waals surface area contributed by atoms with Gasteiger partial charge >= 0.3 is 0 Å². The molecular formula is C16H27ClIN3O2S. The number of ether oxygens (including phenoxy) is 2. The van der Waals surface area contributed by atoms with E-state index < -0.39 is 0 Å². The summed E-state index contributed by atoms with van der Waals surface area (Å²) in [5.74, 6) is 0.861. The van der Waals surface area contributed by atoms with E-state index in [1.807, 2.05) is 6.07 Å². The molecule has 1 unspecified atom stereocenters. The van der Waals surface area contributed by atoms with Crippen LogP contribution >= 0.6 is 46.9 Å². The van der Waals surface area contributed by atoms with E-state index >= 15 is 0 Å². The highest BCUT2D eigenvalue weighted by Gasteiger charge is 2.15. The molecule has 1 aliphatic heterocycles. The Morgan fingerprint density at radius 2 is 2.33 bits per heavy atom. The first-order chi connectivity index (χ1) is 11.3. The molecule has 0 amide bonds. The number of aliphatic imine (C=N–C) groups is 1. The summed E-state index contributed by atoms with van der Waals surface area (Å²) >= 11 is 7.57. The van der Waals surface area contributed by atoms with Gasteiger partial charge in [-0.2, -0.15) is 0 Å². The monoisotopic (exact) mass is 487 g/mol. The van der Waals surface area contributed by atoms with Crippen LogP contribution in [0.5, 0.6) is 0 Å². The molecule has 1 atom stereocenters. The predicted molar refractivity (Wildman–Crippen MR) is 112 cm³/mol. The van der Waals surface area contributed by atoms with E-state index in [1.54, 1.807) is 11.3 Å². The number of hydrogen-bond donors (Lipinski definition) is 2. The number of halogens is 2. The van der Waals surface area contributed by atoms with Gasteiger partial charge in [-0.1, -0.05) is 11.6 Å². The molecule has 1 aromatic rings. The lowest BCUT2D eigenvalue weighted by atomic mass is 10.3. The molecule has 0 saturated carbocycles. The van der Waals surface area contributed by atoms with Crippen LogP contribution in [0.3, 0.4) is 0 Å². The van der Waals surface area contributed by atoms with E-state index in [1.165, 1.54) is 4.88 Å². The fraction of sp³-hybridized carbons (Fsp3) is 0.688. The number of rotatable bonds is 9. The first-order valence-corrected chi connectivity index (χ1v) is 9.43. The molecule has 0 bridgehead atoms. The van der Waals surface area contributed by atoms with Crippen LogP contribution in [0.15, 0.2) is 17.1 Å². The summed E-state index contributed by atoms with van der Waals surface area (Å²) in [5.41, 5.74) is 0. The van der Waals surface area contributed by atoms with Gasteiger partial charge in [0.2, 0.25) is 0 Å². The zero-order valence-corrected chi connectivity index (χ0v) is 18.0. The summed E-state index contributed by atoms with van der Waals surface area (Å²) in [7, 11) is 0. The van der Waals surface area contributed by atoms with Crippen LogP contribution in [-0.4, -0.2) is 51.5 Å². The molecule has 24 heavy (non-hydrogen) atoms. The Hall–Kier alpha value is -0.0900. The van der Waals surface area contributed by atoms with Gasteiger partial charge < -0.3 is 20.1 Å². The van der Waals surface area contributed by atoms with Gasteiger partial charge in [0.1, 0.15) is 0 Å². The maximum atomic E-state index is 5.94. The van der Waals surface area contributed by atoms with Gasteiger partial charge in [-0.3, -0.25) is 4.99 Å².